The summed E-state index contributed by atoms with van der Waals surface area (Å²) in [6.07, 6.45) is 4.21. The Hall–Kier alpha value is -1.65. The van der Waals surface area contributed by atoms with Gasteiger partial charge in [-0.15, -0.1) is 0 Å². The van der Waals surface area contributed by atoms with Crippen LogP contribution >= 0.6 is 0 Å². The molecule has 1 aliphatic rings. The molecule has 0 saturated heterocycles. The normalized spacial score (nSPS) is 19.6. The van der Waals surface area contributed by atoms with E-state index in [4.69, 9.17) is 5.11 Å². The van der Waals surface area contributed by atoms with Gasteiger partial charge >= 0.3 is 11.7 Å². The number of rotatable bonds is 2. The number of hydrogen-bond donors (Lipinski definition) is 2. The summed E-state index contributed by atoms with van der Waals surface area (Å²) in [5.74, 6) is -0.811. The largest absolute Gasteiger partial charge is 0.481 e. The molecule has 0 radical (unpaired) electrons. The Morgan fingerprint density at radius 3 is 3.20 bits per heavy atom. The quantitative estimate of drug-likeness (QED) is 0.748. The third kappa shape index (κ3) is 2.06. The van der Waals surface area contributed by atoms with Crippen LogP contribution in [-0.2, 0) is 11.2 Å². The summed E-state index contributed by atoms with van der Waals surface area (Å²) in [7, 11) is 0. The van der Waals surface area contributed by atoms with Crippen LogP contribution in [0.1, 0.15) is 36.4 Å². The Kier molecular flexibility index (Phi) is 2.53. The molecule has 0 amide bonds. The first-order valence-corrected chi connectivity index (χ1v) is 4.96. The number of H-pyrrole nitrogens is 1. The molecule has 1 unspecified atom stereocenters. The van der Waals surface area contributed by atoms with Crippen molar-refractivity contribution in [1.82, 2.24) is 9.97 Å². The Morgan fingerprint density at radius 1 is 1.67 bits per heavy atom. The van der Waals surface area contributed by atoms with Crippen LogP contribution in [0.3, 0.4) is 0 Å². The van der Waals surface area contributed by atoms with E-state index in [9.17, 15) is 9.59 Å². The van der Waals surface area contributed by atoms with Gasteiger partial charge in [-0.05, 0) is 30.7 Å². The van der Waals surface area contributed by atoms with Gasteiger partial charge < -0.3 is 10.1 Å². The topological polar surface area (TPSA) is 83.0 Å². The molecule has 1 aromatic rings. The summed E-state index contributed by atoms with van der Waals surface area (Å²) in [5, 5.41) is 8.75. The van der Waals surface area contributed by atoms with Crippen LogP contribution in [-0.4, -0.2) is 21.0 Å². The second-order valence-electron chi connectivity index (χ2n) is 3.81. The molecule has 0 spiro atoms. The van der Waals surface area contributed by atoms with Crippen LogP contribution in [0.2, 0.25) is 0 Å². The molecule has 0 aromatic carbocycles. The number of aliphatic carboxylic acids is 1. The molecular formula is C10H12N2O3. The van der Waals surface area contributed by atoms with Gasteiger partial charge in [-0.2, -0.15) is 0 Å². The standard InChI is InChI=1S/C10H12N2O3/c13-9(14)4-6-2-1-3-8-7(6)5-11-10(15)12-8/h5-6H,1-4H2,(H,13,14)(H,11,12,15). The van der Waals surface area contributed by atoms with E-state index in [2.05, 4.69) is 9.97 Å². The lowest BCUT2D eigenvalue weighted by molar-refractivity contribution is -0.137. The summed E-state index contributed by atoms with van der Waals surface area (Å²) < 4.78 is 0. The number of nitrogens with one attached hydrogen (secondary N) is 1. The number of fused-ring (bicyclic) bond motifs is 1. The van der Waals surface area contributed by atoms with Crippen molar-refractivity contribution >= 4 is 5.97 Å². The highest BCUT2D eigenvalue weighted by Crippen LogP contribution is 2.31. The molecule has 0 saturated carbocycles. The molecule has 0 aliphatic heterocycles. The van der Waals surface area contributed by atoms with E-state index in [-0.39, 0.29) is 18.0 Å². The monoisotopic (exact) mass is 208 g/mol. The minimum atomic E-state index is -0.806. The average molecular weight is 208 g/mol. The lowest BCUT2D eigenvalue weighted by Gasteiger charge is -2.22. The van der Waals surface area contributed by atoms with E-state index in [0.29, 0.717) is 0 Å². The first-order valence-electron chi connectivity index (χ1n) is 4.96. The summed E-state index contributed by atoms with van der Waals surface area (Å²) in [5.41, 5.74) is 1.39. The smallest absolute Gasteiger partial charge is 0.345 e. The van der Waals surface area contributed by atoms with Crippen molar-refractivity contribution in [3.05, 3.63) is 27.9 Å². The first kappa shape index (κ1) is 9.89. The van der Waals surface area contributed by atoms with E-state index in [1.165, 1.54) is 6.20 Å². The van der Waals surface area contributed by atoms with Crippen LogP contribution < -0.4 is 5.69 Å². The van der Waals surface area contributed by atoms with Gasteiger partial charge in [-0.1, -0.05) is 0 Å². The van der Waals surface area contributed by atoms with E-state index in [1.54, 1.807) is 0 Å². The number of aromatic nitrogens is 2. The zero-order valence-electron chi connectivity index (χ0n) is 8.19. The van der Waals surface area contributed by atoms with Crippen molar-refractivity contribution in [2.75, 3.05) is 0 Å². The van der Waals surface area contributed by atoms with Gasteiger partial charge in [-0.3, -0.25) is 4.79 Å². The fourth-order valence-electron chi connectivity index (χ4n) is 2.10. The molecule has 5 heteroatoms. The van der Waals surface area contributed by atoms with Crippen LogP contribution in [0.25, 0.3) is 0 Å². The molecule has 0 fully saturated rings. The number of nitrogens with zero attached hydrogens (tertiary/aromatic N) is 1. The van der Waals surface area contributed by atoms with E-state index in [1.807, 2.05) is 0 Å². The Balaban J connectivity index is 2.34. The van der Waals surface area contributed by atoms with Crippen molar-refractivity contribution in [1.29, 1.82) is 0 Å². The second-order valence-corrected chi connectivity index (χ2v) is 3.81. The number of aryl methyl sites for hydroxylation is 1. The zero-order valence-corrected chi connectivity index (χ0v) is 8.19. The van der Waals surface area contributed by atoms with Crippen LogP contribution in [0, 0.1) is 0 Å². The molecule has 1 atom stereocenters. The lowest BCUT2D eigenvalue weighted by Crippen LogP contribution is -2.21. The number of hydrogen-bond acceptors (Lipinski definition) is 3. The van der Waals surface area contributed by atoms with Crippen molar-refractivity contribution in [2.24, 2.45) is 0 Å². The molecule has 1 aromatic heterocycles. The maximum atomic E-state index is 11.0. The molecule has 2 N–H and O–H groups in total. The van der Waals surface area contributed by atoms with Crippen LogP contribution in [0.15, 0.2) is 11.0 Å². The maximum absolute atomic E-state index is 11.0. The van der Waals surface area contributed by atoms with Gasteiger partial charge in [0.2, 0.25) is 0 Å². The highest BCUT2D eigenvalue weighted by atomic mass is 16.4. The molecule has 80 valence electrons. The average Bonchev–Trinajstić information content (AvgIpc) is 2.16. The van der Waals surface area contributed by atoms with Gasteiger partial charge in [0.05, 0.1) is 6.42 Å². The molecule has 1 heterocycles. The second kappa shape index (κ2) is 3.84. The van der Waals surface area contributed by atoms with Gasteiger partial charge in [-0.25, -0.2) is 9.78 Å². The zero-order chi connectivity index (χ0) is 10.8. The molecule has 0 bridgehead atoms. The summed E-state index contributed by atoms with van der Waals surface area (Å²) in [6, 6.07) is 0. The predicted molar refractivity (Wildman–Crippen MR) is 52.8 cm³/mol. The number of carboxylic acid groups (broad SMARTS) is 1. The van der Waals surface area contributed by atoms with Gasteiger partial charge in [0.1, 0.15) is 0 Å². The SMILES string of the molecule is O=C(O)CC1CCCc2[nH]c(=O)ncc21. The Labute approximate surface area is 86.2 Å². The maximum Gasteiger partial charge on any atom is 0.345 e. The fraction of sp³-hybridized carbons (Fsp3) is 0.500. The van der Waals surface area contributed by atoms with Crippen molar-refractivity contribution < 1.29 is 9.90 Å². The highest BCUT2D eigenvalue weighted by molar-refractivity contribution is 5.68. The van der Waals surface area contributed by atoms with Crippen molar-refractivity contribution in [2.45, 2.75) is 31.6 Å². The van der Waals surface area contributed by atoms with Crippen LogP contribution in [0.5, 0.6) is 0 Å². The van der Waals surface area contributed by atoms with Crippen molar-refractivity contribution in [3.63, 3.8) is 0 Å². The summed E-state index contributed by atoms with van der Waals surface area (Å²) >= 11 is 0. The predicted octanol–water partition coefficient (Wildman–Crippen LogP) is 0.664. The third-order valence-corrected chi connectivity index (χ3v) is 2.77. The van der Waals surface area contributed by atoms with E-state index < -0.39 is 5.97 Å². The Morgan fingerprint density at radius 2 is 2.47 bits per heavy atom. The summed E-state index contributed by atoms with van der Waals surface area (Å²) in [4.78, 5) is 28.0. The van der Waals surface area contributed by atoms with E-state index >= 15 is 0 Å². The van der Waals surface area contributed by atoms with Gasteiger partial charge in [0.25, 0.3) is 0 Å². The minimum Gasteiger partial charge on any atom is -0.481 e. The summed E-state index contributed by atoms with van der Waals surface area (Å²) in [6.45, 7) is 0. The van der Waals surface area contributed by atoms with Crippen molar-refractivity contribution in [3.8, 4) is 0 Å². The van der Waals surface area contributed by atoms with Gasteiger partial charge in [0.15, 0.2) is 0 Å². The lowest BCUT2D eigenvalue weighted by atomic mass is 9.84. The highest BCUT2D eigenvalue weighted by Gasteiger charge is 2.23. The fourth-order valence-corrected chi connectivity index (χ4v) is 2.10. The van der Waals surface area contributed by atoms with Gasteiger partial charge in [0, 0.05) is 11.9 Å². The molecule has 5 nitrogen and oxygen atoms in total. The van der Waals surface area contributed by atoms with E-state index in [0.717, 1.165) is 30.5 Å². The first-order chi connectivity index (χ1) is 7.16. The molecule has 15 heavy (non-hydrogen) atoms. The number of carbonyl (C=O) groups is 1. The number of aromatic amines is 1. The minimum absolute atomic E-state index is 0.00407. The number of carboxylic acids is 1. The van der Waals surface area contributed by atoms with Crippen LogP contribution in [0.4, 0.5) is 0 Å². The molecule has 1 aliphatic carbocycles. The third-order valence-electron chi connectivity index (χ3n) is 2.77. The Bertz CT molecular complexity index is 439. The molecular weight excluding hydrogens is 196 g/mol. The molecule has 2 rings (SSSR count).